The number of hydrogen-bond acceptors (Lipinski definition) is 2. The summed E-state index contributed by atoms with van der Waals surface area (Å²) in [5.41, 5.74) is 0.710. The van der Waals surface area contributed by atoms with E-state index >= 15 is 0 Å². The van der Waals surface area contributed by atoms with Crippen molar-refractivity contribution in [1.82, 2.24) is 4.98 Å². The number of hydrogen-bond donors (Lipinski definition) is 0. The predicted octanol–water partition coefficient (Wildman–Crippen LogP) is 2.49. The summed E-state index contributed by atoms with van der Waals surface area (Å²) in [6.07, 6.45) is 1.53. The van der Waals surface area contributed by atoms with Crippen LogP contribution in [0.5, 0.6) is 0 Å². The van der Waals surface area contributed by atoms with Gasteiger partial charge in [0.25, 0.3) is 0 Å². The monoisotopic (exact) mass is 181 g/mol. The molecule has 12 heavy (non-hydrogen) atoms. The highest BCUT2D eigenvalue weighted by Gasteiger charge is 2.10. The minimum absolute atomic E-state index is 0.208. The van der Waals surface area contributed by atoms with E-state index in [1.165, 1.54) is 6.20 Å². The summed E-state index contributed by atoms with van der Waals surface area (Å²) in [4.78, 5) is 15.2. The van der Waals surface area contributed by atoms with E-state index in [9.17, 15) is 4.79 Å². The second-order valence-corrected chi connectivity index (χ2v) is 2.85. The molecule has 0 spiro atoms. The van der Waals surface area contributed by atoms with Gasteiger partial charge in [-0.25, -0.2) is 0 Å². The second-order valence-electron chi connectivity index (χ2n) is 2.44. The van der Waals surface area contributed by atoms with Crippen molar-refractivity contribution in [2.45, 2.75) is 6.92 Å². The number of carbonyl (C=O) groups is 1. The zero-order chi connectivity index (χ0) is 9.14. The van der Waals surface area contributed by atoms with Crippen LogP contribution in [0.15, 0.2) is 30.5 Å². The molecule has 1 heterocycles. The van der Waals surface area contributed by atoms with E-state index in [-0.39, 0.29) is 11.5 Å². The maximum absolute atomic E-state index is 11.3. The van der Waals surface area contributed by atoms with E-state index in [2.05, 4.69) is 11.6 Å². The number of aromatic nitrogens is 1. The number of pyridine rings is 1. The Kier molecular flexibility index (Phi) is 2.61. The van der Waals surface area contributed by atoms with Crippen molar-refractivity contribution in [3.63, 3.8) is 0 Å². The fourth-order valence-electron chi connectivity index (χ4n) is 0.755. The van der Waals surface area contributed by atoms with Crippen molar-refractivity contribution >= 4 is 17.4 Å². The molecule has 0 saturated carbocycles. The number of Topliss-reactive ketones (excluding diaryl/α,β-unsaturated/α-hetero) is 1. The maximum atomic E-state index is 11.3. The van der Waals surface area contributed by atoms with Gasteiger partial charge in [-0.3, -0.25) is 9.78 Å². The molecule has 3 heteroatoms. The third kappa shape index (κ3) is 1.71. The van der Waals surface area contributed by atoms with Crippen LogP contribution in [0.1, 0.15) is 17.4 Å². The molecule has 1 aromatic heterocycles. The lowest BCUT2D eigenvalue weighted by molar-refractivity contribution is 0.103. The maximum Gasteiger partial charge on any atom is 0.207 e. The lowest BCUT2D eigenvalue weighted by Crippen LogP contribution is -2.02. The van der Waals surface area contributed by atoms with Gasteiger partial charge >= 0.3 is 0 Å². The van der Waals surface area contributed by atoms with Crippen LogP contribution in [-0.4, -0.2) is 10.8 Å². The normalized spacial score (nSPS) is 9.50. The number of halogens is 1. The van der Waals surface area contributed by atoms with Gasteiger partial charge in [0.05, 0.1) is 5.02 Å². The van der Waals surface area contributed by atoms with Gasteiger partial charge < -0.3 is 0 Å². The summed E-state index contributed by atoms with van der Waals surface area (Å²) in [6.45, 7) is 5.16. The van der Waals surface area contributed by atoms with Gasteiger partial charge in [0, 0.05) is 6.20 Å². The topological polar surface area (TPSA) is 30.0 Å². The summed E-state index contributed by atoms with van der Waals surface area (Å²) in [5, 5.41) is 0.366. The quantitative estimate of drug-likeness (QED) is 0.518. The molecule has 0 aliphatic heterocycles. The highest BCUT2D eigenvalue weighted by Crippen LogP contribution is 2.14. The summed E-state index contributed by atoms with van der Waals surface area (Å²) < 4.78 is 0. The molecule has 0 amide bonds. The number of rotatable bonds is 2. The third-order valence-electron chi connectivity index (χ3n) is 1.36. The van der Waals surface area contributed by atoms with E-state index in [1.54, 1.807) is 19.1 Å². The van der Waals surface area contributed by atoms with Crippen LogP contribution >= 0.6 is 11.6 Å². The van der Waals surface area contributed by atoms with Crippen molar-refractivity contribution in [3.8, 4) is 0 Å². The van der Waals surface area contributed by atoms with Gasteiger partial charge in [-0.05, 0) is 24.6 Å². The Morgan fingerprint density at radius 3 is 2.83 bits per heavy atom. The number of ketones is 1. The summed E-state index contributed by atoms with van der Waals surface area (Å²) in [7, 11) is 0. The minimum atomic E-state index is -0.208. The van der Waals surface area contributed by atoms with Gasteiger partial charge in [0.2, 0.25) is 5.78 Å². The second kappa shape index (κ2) is 3.50. The highest BCUT2D eigenvalue weighted by atomic mass is 35.5. The molecule has 0 N–H and O–H groups in total. The number of carbonyl (C=O) groups excluding carboxylic acids is 1. The molecule has 0 aliphatic rings. The first kappa shape index (κ1) is 8.94. The van der Waals surface area contributed by atoms with E-state index < -0.39 is 0 Å². The van der Waals surface area contributed by atoms with Crippen LogP contribution in [0.4, 0.5) is 0 Å². The largest absolute Gasteiger partial charge is 0.287 e. The van der Waals surface area contributed by atoms with Crippen molar-refractivity contribution in [2.24, 2.45) is 0 Å². The first-order chi connectivity index (χ1) is 5.63. The van der Waals surface area contributed by atoms with Crippen molar-refractivity contribution in [3.05, 3.63) is 41.2 Å². The van der Waals surface area contributed by atoms with Crippen LogP contribution in [-0.2, 0) is 0 Å². The van der Waals surface area contributed by atoms with Gasteiger partial charge in [-0.15, -0.1) is 0 Å². The van der Waals surface area contributed by atoms with Crippen LogP contribution < -0.4 is 0 Å². The SMILES string of the molecule is C=C(C)C(=O)c1ncccc1Cl. The van der Waals surface area contributed by atoms with Gasteiger partial charge in [0.1, 0.15) is 5.69 Å². The lowest BCUT2D eigenvalue weighted by atomic mass is 10.1. The fourth-order valence-corrected chi connectivity index (χ4v) is 0.962. The highest BCUT2D eigenvalue weighted by molar-refractivity contribution is 6.34. The van der Waals surface area contributed by atoms with E-state index in [1.807, 2.05) is 0 Å². The van der Waals surface area contributed by atoms with Crippen LogP contribution in [0, 0.1) is 0 Å². The molecule has 0 unspecified atom stereocenters. The van der Waals surface area contributed by atoms with Gasteiger partial charge in [-0.1, -0.05) is 18.2 Å². The average molecular weight is 182 g/mol. The zero-order valence-electron chi connectivity index (χ0n) is 6.67. The third-order valence-corrected chi connectivity index (χ3v) is 1.67. The van der Waals surface area contributed by atoms with E-state index in [0.29, 0.717) is 10.6 Å². The summed E-state index contributed by atoms with van der Waals surface area (Å²) in [6, 6.07) is 3.31. The Bertz CT molecular complexity index is 333. The molecule has 0 aliphatic carbocycles. The first-order valence-electron chi connectivity index (χ1n) is 3.43. The minimum Gasteiger partial charge on any atom is -0.287 e. The van der Waals surface area contributed by atoms with Crippen molar-refractivity contribution in [1.29, 1.82) is 0 Å². The van der Waals surface area contributed by atoms with Crippen LogP contribution in [0.25, 0.3) is 0 Å². The Morgan fingerprint density at radius 2 is 2.33 bits per heavy atom. The fraction of sp³-hybridized carbons (Fsp3) is 0.111. The molecule has 1 rings (SSSR count). The molecule has 1 aromatic rings. The lowest BCUT2D eigenvalue weighted by Gasteiger charge is -1.99. The Morgan fingerprint density at radius 1 is 1.67 bits per heavy atom. The first-order valence-corrected chi connectivity index (χ1v) is 3.81. The Labute approximate surface area is 75.9 Å². The summed E-state index contributed by atoms with van der Waals surface area (Å²) in [5.74, 6) is -0.208. The van der Waals surface area contributed by atoms with E-state index in [0.717, 1.165) is 0 Å². The number of nitrogens with zero attached hydrogens (tertiary/aromatic N) is 1. The average Bonchev–Trinajstić information content (AvgIpc) is 2.04. The Hall–Kier alpha value is -1.15. The molecule has 62 valence electrons. The molecule has 0 atom stereocenters. The molecular formula is C9H8ClNO. The summed E-state index contributed by atoms with van der Waals surface area (Å²) >= 11 is 5.74. The predicted molar refractivity (Wildman–Crippen MR) is 48.4 cm³/mol. The standard InChI is InChI=1S/C9H8ClNO/c1-6(2)9(12)8-7(10)4-3-5-11-8/h3-5H,1H2,2H3. The smallest absolute Gasteiger partial charge is 0.207 e. The van der Waals surface area contributed by atoms with Crippen molar-refractivity contribution in [2.75, 3.05) is 0 Å². The molecule has 0 radical (unpaired) electrons. The zero-order valence-corrected chi connectivity index (χ0v) is 7.43. The Balaban J connectivity index is 3.11. The molecular weight excluding hydrogens is 174 g/mol. The van der Waals surface area contributed by atoms with Gasteiger partial charge in [-0.2, -0.15) is 0 Å². The molecule has 0 fully saturated rings. The van der Waals surface area contributed by atoms with Crippen LogP contribution in [0.3, 0.4) is 0 Å². The molecule has 0 bridgehead atoms. The number of allylic oxidation sites excluding steroid dienone is 1. The molecule has 2 nitrogen and oxygen atoms in total. The molecule has 0 saturated heterocycles. The van der Waals surface area contributed by atoms with Crippen molar-refractivity contribution < 1.29 is 4.79 Å². The van der Waals surface area contributed by atoms with Gasteiger partial charge in [0.15, 0.2) is 0 Å². The molecule has 0 aromatic carbocycles. The van der Waals surface area contributed by atoms with E-state index in [4.69, 9.17) is 11.6 Å². The van der Waals surface area contributed by atoms with Crippen LogP contribution in [0.2, 0.25) is 5.02 Å².